The van der Waals surface area contributed by atoms with E-state index in [0.717, 1.165) is 16.8 Å². The van der Waals surface area contributed by atoms with E-state index in [-0.39, 0.29) is 24.8 Å². The Bertz CT molecular complexity index is 542. The molecule has 5 heteroatoms. The lowest BCUT2D eigenvalue weighted by Gasteiger charge is -2.22. The molecule has 1 fully saturated rings. The summed E-state index contributed by atoms with van der Waals surface area (Å²) in [6.45, 7) is 5.55. The molecular formula is C15H20N2O3. The van der Waals surface area contributed by atoms with E-state index < -0.39 is 12.1 Å². The first-order valence-electron chi connectivity index (χ1n) is 6.72. The van der Waals surface area contributed by atoms with Gasteiger partial charge in [-0.2, -0.15) is 0 Å². The number of likely N-dealkylation sites (tertiary alicyclic amines) is 1. The normalized spacial score (nSPS) is 21.9. The van der Waals surface area contributed by atoms with E-state index in [1.54, 1.807) is 0 Å². The van der Waals surface area contributed by atoms with Crippen LogP contribution in [0.25, 0.3) is 0 Å². The number of nitrogens with zero attached hydrogens (tertiary/aromatic N) is 1. The smallest absolute Gasteiger partial charge is 0.247 e. The number of amides is 2. The molecule has 2 rings (SSSR count). The molecule has 1 saturated heterocycles. The minimum absolute atomic E-state index is 0.192. The first-order valence-corrected chi connectivity index (χ1v) is 6.72. The maximum absolute atomic E-state index is 12.3. The molecule has 0 unspecified atom stereocenters. The summed E-state index contributed by atoms with van der Waals surface area (Å²) in [5.41, 5.74) is 2.85. The highest BCUT2D eigenvalue weighted by Gasteiger charge is 2.37. The van der Waals surface area contributed by atoms with Gasteiger partial charge in [0.1, 0.15) is 6.04 Å². The molecule has 108 valence electrons. The summed E-state index contributed by atoms with van der Waals surface area (Å²) in [6, 6.07) is 5.17. The molecule has 0 spiro atoms. The number of hydrogen-bond acceptors (Lipinski definition) is 3. The lowest BCUT2D eigenvalue weighted by molar-refractivity contribution is -0.134. The van der Waals surface area contributed by atoms with E-state index in [2.05, 4.69) is 5.32 Å². The monoisotopic (exact) mass is 276 g/mol. The molecule has 0 aromatic heterocycles. The van der Waals surface area contributed by atoms with Gasteiger partial charge in [0.25, 0.3) is 0 Å². The number of nitrogens with one attached hydrogen (secondary N) is 1. The SMILES string of the molecule is CC(=O)N1C[C@@H](O)C[C@@H]1C(=O)Nc1ccc(C)cc1C. The highest BCUT2D eigenvalue weighted by atomic mass is 16.3. The third kappa shape index (κ3) is 2.99. The van der Waals surface area contributed by atoms with Crippen molar-refractivity contribution in [2.75, 3.05) is 11.9 Å². The molecule has 5 nitrogen and oxygen atoms in total. The number of aliphatic hydroxyl groups is 1. The number of rotatable bonds is 2. The van der Waals surface area contributed by atoms with Crippen LogP contribution in [0.5, 0.6) is 0 Å². The summed E-state index contributed by atoms with van der Waals surface area (Å²) in [4.78, 5) is 25.2. The molecule has 2 amide bonds. The van der Waals surface area contributed by atoms with Gasteiger partial charge in [-0.15, -0.1) is 0 Å². The number of aliphatic hydroxyl groups excluding tert-OH is 1. The molecule has 1 heterocycles. The van der Waals surface area contributed by atoms with Crippen molar-refractivity contribution in [3.63, 3.8) is 0 Å². The van der Waals surface area contributed by atoms with E-state index in [9.17, 15) is 14.7 Å². The highest BCUT2D eigenvalue weighted by molar-refractivity contribution is 5.97. The summed E-state index contributed by atoms with van der Waals surface area (Å²) >= 11 is 0. The van der Waals surface area contributed by atoms with Crippen LogP contribution in [0.4, 0.5) is 5.69 Å². The van der Waals surface area contributed by atoms with Crippen LogP contribution in [0.15, 0.2) is 18.2 Å². The number of β-amino-alcohol motifs (C(OH)–C–C–N with tert-alkyl or cyclic N) is 1. The van der Waals surface area contributed by atoms with E-state index in [4.69, 9.17) is 0 Å². The Balaban J connectivity index is 2.13. The zero-order valence-corrected chi connectivity index (χ0v) is 12.0. The third-order valence-electron chi connectivity index (χ3n) is 3.63. The van der Waals surface area contributed by atoms with Crippen molar-refractivity contribution in [3.05, 3.63) is 29.3 Å². The van der Waals surface area contributed by atoms with Crippen molar-refractivity contribution >= 4 is 17.5 Å². The van der Waals surface area contributed by atoms with Gasteiger partial charge in [0.05, 0.1) is 6.10 Å². The molecule has 0 saturated carbocycles. The van der Waals surface area contributed by atoms with E-state index in [0.29, 0.717) is 0 Å². The molecule has 1 aliphatic rings. The molecule has 1 aromatic carbocycles. The Morgan fingerprint density at radius 2 is 2.05 bits per heavy atom. The second-order valence-corrected chi connectivity index (χ2v) is 5.38. The second-order valence-electron chi connectivity index (χ2n) is 5.38. The zero-order valence-electron chi connectivity index (χ0n) is 12.0. The van der Waals surface area contributed by atoms with Crippen molar-refractivity contribution in [2.45, 2.75) is 39.3 Å². The van der Waals surface area contributed by atoms with Gasteiger partial charge in [0.2, 0.25) is 11.8 Å². The molecule has 0 radical (unpaired) electrons. The molecular weight excluding hydrogens is 256 g/mol. The summed E-state index contributed by atoms with van der Waals surface area (Å²) in [5, 5.41) is 12.5. The van der Waals surface area contributed by atoms with Crippen LogP contribution in [0.2, 0.25) is 0 Å². The number of aryl methyl sites for hydroxylation is 2. The number of carbonyl (C=O) groups is 2. The van der Waals surface area contributed by atoms with E-state index in [1.165, 1.54) is 11.8 Å². The first-order chi connectivity index (χ1) is 9.38. The number of benzene rings is 1. The fourth-order valence-corrected chi connectivity index (χ4v) is 2.58. The maximum Gasteiger partial charge on any atom is 0.247 e. The van der Waals surface area contributed by atoms with Crippen LogP contribution in [0, 0.1) is 13.8 Å². The topological polar surface area (TPSA) is 69.6 Å². The fourth-order valence-electron chi connectivity index (χ4n) is 2.58. The van der Waals surface area contributed by atoms with Gasteiger partial charge in [0.15, 0.2) is 0 Å². The Kier molecular flexibility index (Phi) is 4.09. The number of hydrogen-bond donors (Lipinski definition) is 2. The van der Waals surface area contributed by atoms with E-state index in [1.807, 2.05) is 32.0 Å². The number of anilines is 1. The van der Waals surface area contributed by atoms with Gasteiger partial charge in [-0.05, 0) is 25.5 Å². The van der Waals surface area contributed by atoms with Crippen LogP contribution in [-0.2, 0) is 9.59 Å². The van der Waals surface area contributed by atoms with Gasteiger partial charge in [-0.25, -0.2) is 0 Å². The molecule has 1 aromatic rings. The molecule has 1 aliphatic heterocycles. The number of carbonyl (C=O) groups excluding carboxylic acids is 2. The Labute approximate surface area is 118 Å². The molecule has 20 heavy (non-hydrogen) atoms. The highest BCUT2D eigenvalue weighted by Crippen LogP contribution is 2.21. The first kappa shape index (κ1) is 14.5. The molecule has 2 N–H and O–H groups in total. The van der Waals surface area contributed by atoms with Crippen LogP contribution in [0.1, 0.15) is 24.5 Å². The van der Waals surface area contributed by atoms with Gasteiger partial charge in [-0.1, -0.05) is 17.7 Å². The maximum atomic E-state index is 12.3. The zero-order chi connectivity index (χ0) is 14.9. The van der Waals surface area contributed by atoms with Gasteiger partial charge in [0, 0.05) is 25.6 Å². The summed E-state index contributed by atoms with van der Waals surface area (Å²) in [6.07, 6.45) is -0.343. The predicted octanol–water partition coefficient (Wildman–Crippen LogP) is 1.22. The minimum Gasteiger partial charge on any atom is -0.391 e. The van der Waals surface area contributed by atoms with Gasteiger partial charge < -0.3 is 15.3 Å². The van der Waals surface area contributed by atoms with Crippen molar-refractivity contribution in [2.24, 2.45) is 0 Å². The van der Waals surface area contributed by atoms with Crippen LogP contribution < -0.4 is 5.32 Å². The minimum atomic E-state index is -0.631. The average molecular weight is 276 g/mol. The van der Waals surface area contributed by atoms with Crippen LogP contribution in [-0.4, -0.2) is 40.5 Å². The standard InChI is InChI=1S/C15H20N2O3/c1-9-4-5-13(10(2)6-9)16-15(20)14-7-12(19)8-17(14)11(3)18/h4-6,12,14,19H,7-8H2,1-3H3,(H,16,20)/t12-,14+/m0/s1. The average Bonchev–Trinajstić information content (AvgIpc) is 2.75. The largest absolute Gasteiger partial charge is 0.391 e. The summed E-state index contributed by atoms with van der Waals surface area (Å²) in [5.74, 6) is -0.439. The Morgan fingerprint density at radius 3 is 2.65 bits per heavy atom. The van der Waals surface area contributed by atoms with Crippen molar-refractivity contribution < 1.29 is 14.7 Å². The van der Waals surface area contributed by atoms with Crippen molar-refractivity contribution in [3.8, 4) is 0 Å². The Morgan fingerprint density at radius 1 is 1.35 bits per heavy atom. The molecule has 0 bridgehead atoms. The molecule has 2 atom stereocenters. The lowest BCUT2D eigenvalue weighted by Crippen LogP contribution is -2.42. The van der Waals surface area contributed by atoms with Gasteiger partial charge >= 0.3 is 0 Å². The predicted molar refractivity (Wildman–Crippen MR) is 76.3 cm³/mol. The van der Waals surface area contributed by atoms with Gasteiger partial charge in [-0.3, -0.25) is 9.59 Å². The third-order valence-corrected chi connectivity index (χ3v) is 3.63. The molecule has 0 aliphatic carbocycles. The van der Waals surface area contributed by atoms with Crippen molar-refractivity contribution in [1.29, 1.82) is 0 Å². The van der Waals surface area contributed by atoms with Crippen LogP contribution >= 0.6 is 0 Å². The van der Waals surface area contributed by atoms with E-state index >= 15 is 0 Å². The lowest BCUT2D eigenvalue weighted by atomic mass is 10.1. The fraction of sp³-hybridized carbons (Fsp3) is 0.467. The van der Waals surface area contributed by atoms with Crippen LogP contribution in [0.3, 0.4) is 0 Å². The second kappa shape index (κ2) is 5.63. The van der Waals surface area contributed by atoms with Crippen molar-refractivity contribution in [1.82, 2.24) is 4.90 Å². The quantitative estimate of drug-likeness (QED) is 0.853. The summed E-state index contributed by atoms with van der Waals surface area (Å²) < 4.78 is 0. The Hall–Kier alpha value is -1.88. The summed E-state index contributed by atoms with van der Waals surface area (Å²) in [7, 11) is 0.